The highest BCUT2D eigenvalue weighted by atomic mass is 19.4. The first kappa shape index (κ1) is 24.1. The molecular formula is C22H17F6NO4. The van der Waals surface area contributed by atoms with Crippen molar-refractivity contribution in [2.75, 3.05) is 11.6 Å². The van der Waals surface area contributed by atoms with E-state index < -0.39 is 30.9 Å². The number of hydrogen-bond donors (Lipinski definition) is 1. The molecule has 33 heavy (non-hydrogen) atoms. The number of rotatable bonds is 8. The van der Waals surface area contributed by atoms with Gasteiger partial charge in [0.05, 0.1) is 12.2 Å². The summed E-state index contributed by atoms with van der Waals surface area (Å²) in [5.41, 5.74) is 0.0499. The molecule has 0 aromatic heterocycles. The average Bonchev–Trinajstić information content (AvgIpc) is 2.72. The number of aliphatic hydroxyl groups is 1. The van der Waals surface area contributed by atoms with Crippen LogP contribution in [0.25, 0.3) is 0 Å². The zero-order valence-electron chi connectivity index (χ0n) is 16.7. The number of aliphatic hydroxyl groups excluding tert-OH is 1. The molecule has 0 radical (unpaired) electrons. The second-order valence-corrected chi connectivity index (χ2v) is 6.64. The maximum atomic E-state index is 13.0. The highest BCUT2D eigenvalue weighted by Crippen LogP contribution is 2.31. The first-order chi connectivity index (χ1) is 15.5. The van der Waals surface area contributed by atoms with E-state index in [1.54, 1.807) is 36.4 Å². The maximum Gasteiger partial charge on any atom is 0.573 e. The van der Waals surface area contributed by atoms with Crippen LogP contribution in [0.3, 0.4) is 0 Å². The molecule has 176 valence electrons. The minimum Gasteiger partial charge on any atom is -0.457 e. The lowest BCUT2D eigenvalue weighted by Gasteiger charge is -2.28. The molecule has 0 heterocycles. The highest BCUT2D eigenvalue weighted by Gasteiger charge is 2.40. The summed E-state index contributed by atoms with van der Waals surface area (Å²) in [5, 5.41) is 10.3. The molecule has 5 nitrogen and oxygen atoms in total. The number of benzene rings is 3. The fourth-order valence-electron chi connectivity index (χ4n) is 2.64. The van der Waals surface area contributed by atoms with Gasteiger partial charge in [-0.05, 0) is 36.4 Å². The van der Waals surface area contributed by atoms with Gasteiger partial charge in [0.25, 0.3) is 0 Å². The fourth-order valence-corrected chi connectivity index (χ4v) is 2.64. The normalized spacial score (nSPS) is 12.7. The van der Waals surface area contributed by atoms with Crippen molar-refractivity contribution in [1.29, 1.82) is 0 Å². The summed E-state index contributed by atoms with van der Waals surface area (Å²) in [6.07, 6.45) is -12.7. The van der Waals surface area contributed by atoms with Crippen molar-refractivity contribution in [2.45, 2.75) is 18.6 Å². The average molecular weight is 473 g/mol. The van der Waals surface area contributed by atoms with E-state index in [4.69, 9.17) is 9.57 Å². The molecule has 0 amide bonds. The van der Waals surface area contributed by atoms with Crippen LogP contribution in [0.4, 0.5) is 32.0 Å². The van der Waals surface area contributed by atoms with E-state index >= 15 is 0 Å². The number of alkyl halides is 6. The third-order valence-corrected chi connectivity index (χ3v) is 4.06. The van der Waals surface area contributed by atoms with Crippen LogP contribution >= 0.6 is 0 Å². The molecule has 3 aromatic carbocycles. The molecule has 0 spiro atoms. The molecule has 0 fully saturated rings. The molecule has 0 aliphatic carbocycles. The van der Waals surface area contributed by atoms with Crippen LogP contribution in [0, 0.1) is 0 Å². The van der Waals surface area contributed by atoms with Gasteiger partial charge in [-0.2, -0.15) is 13.2 Å². The lowest BCUT2D eigenvalue weighted by atomic mass is 10.2. The quantitative estimate of drug-likeness (QED) is 0.317. The molecule has 0 aliphatic rings. The number of ether oxygens (including phenoxy) is 2. The van der Waals surface area contributed by atoms with E-state index in [1.165, 1.54) is 30.3 Å². The van der Waals surface area contributed by atoms with Crippen molar-refractivity contribution in [3.05, 3.63) is 78.9 Å². The molecule has 11 heteroatoms. The lowest BCUT2D eigenvalue weighted by Crippen LogP contribution is -2.42. The topological polar surface area (TPSA) is 51.2 Å². The minimum atomic E-state index is -4.96. The van der Waals surface area contributed by atoms with Gasteiger partial charge in [-0.15, -0.1) is 13.2 Å². The van der Waals surface area contributed by atoms with E-state index in [0.717, 1.165) is 12.1 Å². The monoisotopic (exact) mass is 473 g/mol. The van der Waals surface area contributed by atoms with Crippen molar-refractivity contribution in [1.82, 2.24) is 0 Å². The van der Waals surface area contributed by atoms with E-state index in [-0.39, 0.29) is 17.2 Å². The number of nitrogens with zero attached hydrogens (tertiary/aromatic N) is 1. The number of halogens is 6. The van der Waals surface area contributed by atoms with Crippen molar-refractivity contribution in [3.8, 4) is 23.0 Å². The van der Waals surface area contributed by atoms with Crippen molar-refractivity contribution in [2.24, 2.45) is 0 Å². The summed E-state index contributed by atoms with van der Waals surface area (Å²) in [6.45, 7) is -1.07. The van der Waals surface area contributed by atoms with Gasteiger partial charge < -0.3 is 19.4 Å². The zero-order valence-corrected chi connectivity index (χ0v) is 16.7. The largest absolute Gasteiger partial charge is 0.573 e. The Bertz CT molecular complexity index is 1040. The van der Waals surface area contributed by atoms with Crippen LogP contribution < -0.4 is 19.4 Å². The summed E-state index contributed by atoms with van der Waals surface area (Å²) in [5.74, 6) is -0.157. The molecule has 0 saturated carbocycles. The van der Waals surface area contributed by atoms with Crippen molar-refractivity contribution < 1.29 is 45.8 Å². The van der Waals surface area contributed by atoms with Gasteiger partial charge in [0.15, 0.2) is 11.9 Å². The van der Waals surface area contributed by atoms with Crippen LogP contribution in [-0.4, -0.2) is 30.3 Å². The standard InChI is InChI=1S/C22H17F6NO4/c23-21(24,25)20(30)14-29(33-19-11-5-10-18(13-19)32-22(26,27)28)15-6-4-9-17(12-15)31-16-7-2-1-3-8-16/h1-13,20,30H,14H2/t20-/m1/s1. The second kappa shape index (κ2) is 9.90. The predicted octanol–water partition coefficient (Wildman–Crippen LogP) is 6.10. The van der Waals surface area contributed by atoms with Gasteiger partial charge in [-0.1, -0.05) is 30.3 Å². The summed E-state index contributed by atoms with van der Waals surface area (Å²) in [6, 6.07) is 18.6. The molecule has 0 bridgehead atoms. The van der Waals surface area contributed by atoms with E-state index in [9.17, 15) is 31.4 Å². The lowest BCUT2D eigenvalue weighted by molar-refractivity contribution is -0.274. The Kier molecular flexibility index (Phi) is 7.22. The first-order valence-electron chi connectivity index (χ1n) is 9.39. The van der Waals surface area contributed by atoms with Crippen LogP contribution in [0.15, 0.2) is 78.9 Å². The number of hydrogen-bond acceptors (Lipinski definition) is 5. The van der Waals surface area contributed by atoms with E-state index in [2.05, 4.69) is 4.74 Å². The Hall–Kier alpha value is -3.60. The number of hydroxylamine groups is 1. The first-order valence-corrected chi connectivity index (χ1v) is 9.39. The van der Waals surface area contributed by atoms with Gasteiger partial charge in [0.1, 0.15) is 17.2 Å². The highest BCUT2D eigenvalue weighted by molar-refractivity contribution is 5.51. The van der Waals surface area contributed by atoms with Crippen molar-refractivity contribution in [3.63, 3.8) is 0 Å². The number of para-hydroxylation sites is 1. The molecule has 0 saturated heterocycles. The fraction of sp³-hybridized carbons (Fsp3) is 0.182. The van der Waals surface area contributed by atoms with E-state index in [1.807, 2.05) is 0 Å². The Morgan fingerprint density at radius 3 is 2.00 bits per heavy atom. The molecule has 3 aromatic rings. The van der Waals surface area contributed by atoms with Gasteiger partial charge >= 0.3 is 12.5 Å². The summed E-state index contributed by atoms with van der Waals surface area (Å²) in [7, 11) is 0. The Morgan fingerprint density at radius 1 is 0.727 bits per heavy atom. The Balaban J connectivity index is 1.87. The van der Waals surface area contributed by atoms with Gasteiger partial charge in [-0.3, -0.25) is 0 Å². The second-order valence-electron chi connectivity index (χ2n) is 6.64. The predicted molar refractivity (Wildman–Crippen MR) is 106 cm³/mol. The Labute approximate surface area is 184 Å². The maximum absolute atomic E-state index is 13.0. The summed E-state index contributed by atoms with van der Waals surface area (Å²) < 4.78 is 85.8. The van der Waals surface area contributed by atoms with Crippen LogP contribution in [0.2, 0.25) is 0 Å². The molecule has 1 N–H and O–H groups in total. The smallest absolute Gasteiger partial charge is 0.457 e. The van der Waals surface area contributed by atoms with Gasteiger partial charge in [-0.25, -0.2) is 5.06 Å². The van der Waals surface area contributed by atoms with Crippen molar-refractivity contribution >= 4 is 5.69 Å². The molecule has 3 rings (SSSR count). The zero-order chi connectivity index (χ0) is 24.1. The SMILES string of the molecule is O[C@H](CN(Oc1cccc(OC(F)(F)F)c1)c1cccc(Oc2ccccc2)c1)C(F)(F)F. The third-order valence-electron chi connectivity index (χ3n) is 4.06. The summed E-state index contributed by atoms with van der Waals surface area (Å²) in [4.78, 5) is 5.40. The van der Waals surface area contributed by atoms with Crippen LogP contribution in [0.5, 0.6) is 23.0 Å². The van der Waals surface area contributed by atoms with Crippen LogP contribution in [-0.2, 0) is 0 Å². The minimum absolute atomic E-state index is 0.0499. The molecular weight excluding hydrogens is 456 g/mol. The third kappa shape index (κ3) is 7.49. The molecule has 0 aliphatic heterocycles. The molecule has 1 atom stereocenters. The number of anilines is 1. The summed E-state index contributed by atoms with van der Waals surface area (Å²) >= 11 is 0. The van der Waals surface area contributed by atoms with Gasteiger partial charge in [0.2, 0.25) is 0 Å². The van der Waals surface area contributed by atoms with E-state index in [0.29, 0.717) is 10.8 Å². The Morgan fingerprint density at radius 2 is 1.33 bits per heavy atom. The molecule has 0 unspecified atom stereocenters. The van der Waals surface area contributed by atoms with Gasteiger partial charge in [0, 0.05) is 12.1 Å². The van der Waals surface area contributed by atoms with Crippen LogP contribution in [0.1, 0.15) is 0 Å².